The van der Waals surface area contributed by atoms with Gasteiger partial charge in [-0.2, -0.15) is 0 Å². The lowest BCUT2D eigenvalue weighted by atomic mass is 10.2. The van der Waals surface area contributed by atoms with Crippen LogP contribution in [0.4, 0.5) is 5.82 Å². The van der Waals surface area contributed by atoms with Crippen LogP contribution in [-0.4, -0.2) is 53.4 Å². The van der Waals surface area contributed by atoms with Gasteiger partial charge >= 0.3 is 0 Å². The molecule has 1 aromatic carbocycles. The Hall–Kier alpha value is -1.76. The van der Waals surface area contributed by atoms with E-state index >= 15 is 0 Å². The molecule has 4 rings (SSSR count). The van der Waals surface area contributed by atoms with Crippen LogP contribution in [0.5, 0.6) is 0 Å². The number of pyridine rings is 1. The Balaban J connectivity index is 1.37. The molecule has 0 spiro atoms. The van der Waals surface area contributed by atoms with Crippen LogP contribution in [0.3, 0.4) is 0 Å². The number of nitrogens with zero attached hydrogens (tertiary/aromatic N) is 2. The van der Waals surface area contributed by atoms with Gasteiger partial charge in [0.05, 0.1) is 23.8 Å². The topological polar surface area (TPSA) is 54.5 Å². The predicted octanol–water partition coefficient (Wildman–Crippen LogP) is 3.94. The molecule has 27 heavy (non-hydrogen) atoms. The molecule has 1 saturated heterocycles. The molecule has 1 aliphatic heterocycles. The number of aromatic nitrogens is 1. The summed E-state index contributed by atoms with van der Waals surface area (Å²) in [5.74, 6) is 0.590. The van der Waals surface area contributed by atoms with Gasteiger partial charge in [0.1, 0.15) is 5.82 Å². The maximum Gasteiger partial charge on any atom is 0.255 e. The van der Waals surface area contributed by atoms with Crippen LogP contribution in [0.25, 0.3) is 0 Å². The molecule has 0 bridgehead atoms. The fourth-order valence-corrected chi connectivity index (χ4v) is 4.55. The largest absolute Gasteiger partial charge is 0.378 e. The van der Waals surface area contributed by atoms with Crippen LogP contribution >= 0.6 is 23.4 Å². The summed E-state index contributed by atoms with van der Waals surface area (Å²) in [6, 6.07) is 12.1. The van der Waals surface area contributed by atoms with Crippen molar-refractivity contribution in [2.75, 3.05) is 38.2 Å². The first-order chi connectivity index (χ1) is 13.2. The van der Waals surface area contributed by atoms with Crippen molar-refractivity contribution in [2.24, 2.45) is 0 Å². The number of ether oxygens (including phenoxy) is 1. The lowest BCUT2D eigenvalue weighted by Gasteiger charge is -2.26. The van der Waals surface area contributed by atoms with Crippen LogP contribution in [0, 0.1) is 0 Å². The van der Waals surface area contributed by atoms with Crippen molar-refractivity contribution in [3.05, 3.63) is 53.2 Å². The van der Waals surface area contributed by atoms with Gasteiger partial charge in [-0.05, 0) is 31.0 Å². The number of thioether (sulfide) groups is 1. The third-order valence-corrected chi connectivity index (χ3v) is 6.63. The number of amides is 1. The molecule has 142 valence electrons. The number of anilines is 1. The van der Waals surface area contributed by atoms with Crippen molar-refractivity contribution >= 4 is 35.1 Å². The van der Waals surface area contributed by atoms with Gasteiger partial charge in [0.25, 0.3) is 5.91 Å². The summed E-state index contributed by atoms with van der Waals surface area (Å²) in [5, 5.41) is 3.85. The Morgan fingerprint density at radius 2 is 2.00 bits per heavy atom. The fourth-order valence-electron chi connectivity index (χ4n) is 3.07. The number of hydrogen-bond acceptors (Lipinski definition) is 5. The Morgan fingerprint density at radius 1 is 1.26 bits per heavy atom. The van der Waals surface area contributed by atoms with Gasteiger partial charge in [0, 0.05) is 35.5 Å². The molecule has 0 radical (unpaired) electrons. The molecule has 2 aromatic rings. The average Bonchev–Trinajstić information content (AvgIpc) is 3.47. The highest BCUT2D eigenvalue weighted by Gasteiger charge is 2.43. The lowest BCUT2D eigenvalue weighted by Crippen LogP contribution is -2.40. The third kappa shape index (κ3) is 4.57. The van der Waals surface area contributed by atoms with Crippen molar-refractivity contribution in [3.63, 3.8) is 0 Å². The van der Waals surface area contributed by atoms with Gasteiger partial charge in [-0.1, -0.05) is 29.8 Å². The van der Waals surface area contributed by atoms with E-state index in [9.17, 15) is 4.79 Å². The summed E-state index contributed by atoms with van der Waals surface area (Å²) in [6.45, 7) is 3.17. The zero-order valence-corrected chi connectivity index (χ0v) is 16.6. The van der Waals surface area contributed by atoms with E-state index in [4.69, 9.17) is 16.3 Å². The average molecular weight is 404 g/mol. The zero-order valence-electron chi connectivity index (χ0n) is 15.0. The standard InChI is InChI=1S/C20H22ClN3O2S/c21-17-12-15(19(25)24-8-10-26-11-9-24)13-22-18(17)23-14-20(6-7-20)27-16-4-2-1-3-5-16/h1-5,12-13H,6-11,14H2,(H,22,23). The monoisotopic (exact) mass is 403 g/mol. The summed E-state index contributed by atoms with van der Waals surface area (Å²) in [6.07, 6.45) is 3.95. The summed E-state index contributed by atoms with van der Waals surface area (Å²) in [7, 11) is 0. The van der Waals surface area contributed by atoms with Gasteiger partial charge in [-0.25, -0.2) is 4.98 Å². The molecule has 0 unspecified atom stereocenters. The highest BCUT2D eigenvalue weighted by molar-refractivity contribution is 8.01. The molecule has 1 amide bonds. The molecule has 2 heterocycles. The number of hydrogen-bond donors (Lipinski definition) is 1. The first-order valence-electron chi connectivity index (χ1n) is 9.16. The van der Waals surface area contributed by atoms with Gasteiger partial charge in [0.15, 0.2) is 0 Å². The Labute approximate surface area is 168 Å². The minimum Gasteiger partial charge on any atom is -0.378 e. The van der Waals surface area contributed by atoms with Crippen molar-refractivity contribution in [1.82, 2.24) is 9.88 Å². The van der Waals surface area contributed by atoms with Crippen LogP contribution in [0.2, 0.25) is 5.02 Å². The predicted molar refractivity (Wildman–Crippen MR) is 109 cm³/mol. The second-order valence-electron chi connectivity index (χ2n) is 6.91. The molecule has 1 saturated carbocycles. The molecule has 1 N–H and O–H groups in total. The number of rotatable bonds is 6. The van der Waals surface area contributed by atoms with E-state index in [1.807, 2.05) is 17.8 Å². The van der Waals surface area contributed by atoms with Crippen molar-refractivity contribution < 1.29 is 9.53 Å². The van der Waals surface area contributed by atoms with E-state index in [0.29, 0.717) is 42.7 Å². The number of halogens is 1. The van der Waals surface area contributed by atoms with E-state index in [0.717, 1.165) is 6.54 Å². The number of carbonyl (C=O) groups excluding carboxylic acids is 1. The minimum absolute atomic E-state index is 0.0439. The number of morpholine rings is 1. The van der Waals surface area contributed by atoms with Crippen molar-refractivity contribution in [2.45, 2.75) is 22.5 Å². The molecular formula is C20H22ClN3O2S. The van der Waals surface area contributed by atoms with E-state index in [1.165, 1.54) is 17.7 Å². The van der Waals surface area contributed by atoms with Crippen molar-refractivity contribution in [3.8, 4) is 0 Å². The Kier molecular flexibility index (Phi) is 5.57. The van der Waals surface area contributed by atoms with E-state index < -0.39 is 0 Å². The van der Waals surface area contributed by atoms with E-state index in [1.54, 1.807) is 17.2 Å². The summed E-state index contributed by atoms with van der Waals surface area (Å²) < 4.78 is 5.50. The quantitative estimate of drug-likeness (QED) is 0.791. The fraction of sp³-hybridized carbons (Fsp3) is 0.400. The van der Waals surface area contributed by atoms with Crippen LogP contribution < -0.4 is 5.32 Å². The molecule has 7 heteroatoms. The Bertz CT molecular complexity index is 808. The molecule has 2 aliphatic rings. The molecular weight excluding hydrogens is 382 g/mol. The number of nitrogens with one attached hydrogen (secondary N) is 1. The molecule has 1 aromatic heterocycles. The zero-order chi connectivity index (χ0) is 18.7. The first-order valence-corrected chi connectivity index (χ1v) is 10.4. The van der Waals surface area contributed by atoms with Gasteiger partial charge in [0.2, 0.25) is 0 Å². The Morgan fingerprint density at radius 3 is 2.67 bits per heavy atom. The molecule has 2 fully saturated rings. The number of carbonyl (C=O) groups is 1. The maximum atomic E-state index is 12.5. The summed E-state index contributed by atoms with van der Waals surface area (Å²) >= 11 is 8.30. The van der Waals surface area contributed by atoms with Crippen molar-refractivity contribution in [1.29, 1.82) is 0 Å². The highest BCUT2D eigenvalue weighted by Crippen LogP contribution is 2.51. The smallest absolute Gasteiger partial charge is 0.255 e. The summed E-state index contributed by atoms with van der Waals surface area (Å²) in [4.78, 5) is 20.0. The SMILES string of the molecule is O=C(c1cnc(NCC2(Sc3ccccc3)CC2)c(Cl)c1)N1CCOCC1. The van der Waals surface area contributed by atoms with E-state index in [2.05, 4.69) is 34.6 Å². The van der Waals surface area contributed by atoms with Gasteiger partial charge < -0.3 is 15.0 Å². The van der Waals surface area contributed by atoms with Gasteiger partial charge in [-0.3, -0.25) is 4.79 Å². The second kappa shape index (κ2) is 8.09. The maximum absolute atomic E-state index is 12.5. The van der Waals surface area contributed by atoms with Crippen LogP contribution in [0.1, 0.15) is 23.2 Å². The highest BCUT2D eigenvalue weighted by atomic mass is 35.5. The molecule has 1 aliphatic carbocycles. The van der Waals surface area contributed by atoms with Crippen LogP contribution in [0.15, 0.2) is 47.5 Å². The first kappa shape index (κ1) is 18.6. The second-order valence-corrected chi connectivity index (χ2v) is 8.86. The number of benzene rings is 1. The van der Waals surface area contributed by atoms with Crippen LogP contribution in [-0.2, 0) is 4.74 Å². The third-order valence-electron chi connectivity index (χ3n) is 4.85. The van der Waals surface area contributed by atoms with E-state index in [-0.39, 0.29) is 10.7 Å². The van der Waals surface area contributed by atoms with Gasteiger partial charge in [-0.15, -0.1) is 11.8 Å². The normalized spacial score (nSPS) is 18.2. The lowest BCUT2D eigenvalue weighted by molar-refractivity contribution is 0.0302. The minimum atomic E-state index is -0.0439. The summed E-state index contributed by atoms with van der Waals surface area (Å²) in [5.41, 5.74) is 0.521. The molecule has 0 atom stereocenters. The molecule has 5 nitrogen and oxygen atoms in total.